The van der Waals surface area contributed by atoms with E-state index in [9.17, 15) is 22.8 Å². The van der Waals surface area contributed by atoms with E-state index in [2.05, 4.69) is 10.4 Å². The van der Waals surface area contributed by atoms with Crippen molar-refractivity contribution in [3.63, 3.8) is 0 Å². The van der Waals surface area contributed by atoms with Crippen LogP contribution in [0.5, 0.6) is 0 Å². The van der Waals surface area contributed by atoms with Gasteiger partial charge in [0.1, 0.15) is 12.1 Å². The first-order valence-corrected chi connectivity index (χ1v) is 8.06. The third-order valence-corrected chi connectivity index (χ3v) is 4.69. The third kappa shape index (κ3) is 3.64. The predicted octanol–water partition coefficient (Wildman–Crippen LogP) is 1.90. The molecular formula is C16H23F3N4O2. The number of rotatable bonds is 3. The van der Waals surface area contributed by atoms with Gasteiger partial charge in [-0.25, -0.2) is 0 Å². The number of piperazine rings is 1. The van der Waals surface area contributed by atoms with E-state index in [-0.39, 0.29) is 11.8 Å². The quantitative estimate of drug-likeness (QED) is 0.895. The van der Waals surface area contributed by atoms with Crippen molar-refractivity contribution in [1.82, 2.24) is 20.0 Å². The van der Waals surface area contributed by atoms with E-state index in [1.165, 1.54) is 11.8 Å². The number of aryl methyl sites for hydroxylation is 1. The predicted molar refractivity (Wildman–Crippen MR) is 85.0 cm³/mol. The van der Waals surface area contributed by atoms with E-state index >= 15 is 0 Å². The summed E-state index contributed by atoms with van der Waals surface area (Å²) in [5.74, 6) is -1.23. The molecule has 25 heavy (non-hydrogen) atoms. The molecule has 1 N–H and O–H groups in total. The van der Waals surface area contributed by atoms with Crippen molar-refractivity contribution in [2.45, 2.75) is 58.8 Å². The normalized spacial score (nSPS) is 18.9. The summed E-state index contributed by atoms with van der Waals surface area (Å²) in [5.41, 5.74) is 0.181. The zero-order valence-electron chi connectivity index (χ0n) is 15.0. The smallest absolute Gasteiger partial charge is 0.352 e. The van der Waals surface area contributed by atoms with Gasteiger partial charge in [0.2, 0.25) is 11.8 Å². The van der Waals surface area contributed by atoms with Crippen LogP contribution in [-0.2, 0) is 16.1 Å². The summed E-state index contributed by atoms with van der Waals surface area (Å²) >= 11 is 0. The van der Waals surface area contributed by atoms with Gasteiger partial charge in [-0.1, -0.05) is 0 Å². The minimum absolute atomic E-state index is 0.250. The maximum atomic E-state index is 12.9. The van der Waals surface area contributed by atoms with Crippen LogP contribution in [0.1, 0.15) is 43.6 Å². The summed E-state index contributed by atoms with van der Waals surface area (Å²) in [7, 11) is 0. The molecule has 1 aliphatic heterocycles. The van der Waals surface area contributed by atoms with Gasteiger partial charge >= 0.3 is 6.18 Å². The number of nitrogens with zero attached hydrogens (tertiary/aromatic N) is 3. The van der Waals surface area contributed by atoms with Crippen molar-refractivity contribution >= 4 is 11.8 Å². The van der Waals surface area contributed by atoms with Gasteiger partial charge in [0.25, 0.3) is 0 Å². The summed E-state index contributed by atoms with van der Waals surface area (Å²) in [4.78, 5) is 26.5. The van der Waals surface area contributed by atoms with E-state index in [0.717, 1.165) is 4.68 Å². The molecule has 0 radical (unpaired) electrons. The first kappa shape index (κ1) is 19.3. The maximum absolute atomic E-state index is 12.9. The van der Waals surface area contributed by atoms with Crippen molar-refractivity contribution < 1.29 is 22.8 Å². The molecule has 140 valence electrons. The van der Waals surface area contributed by atoms with E-state index < -0.39 is 24.2 Å². The van der Waals surface area contributed by atoms with Crippen molar-refractivity contribution in [3.8, 4) is 0 Å². The number of halogens is 3. The molecule has 1 aromatic heterocycles. The molecule has 0 aliphatic carbocycles. The van der Waals surface area contributed by atoms with Crippen molar-refractivity contribution in [3.05, 3.63) is 17.0 Å². The molecule has 6 nitrogen and oxygen atoms in total. The summed E-state index contributed by atoms with van der Waals surface area (Å²) in [6, 6.07) is 0. The lowest BCUT2D eigenvalue weighted by Gasteiger charge is -2.42. The Morgan fingerprint density at radius 2 is 1.96 bits per heavy atom. The third-order valence-electron chi connectivity index (χ3n) is 4.69. The Hall–Kier alpha value is -2.06. The minimum atomic E-state index is -4.39. The Bertz CT molecular complexity index is 694. The number of hydrogen-bond acceptors (Lipinski definition) is 3. The largest absolute Gasteiger partial charge is 0.408 e. The highest BCUT2D eigenvalue weighted by Gasteiger charge is 2.42. The van der Waals surface area contributed by atoms with Gasteiger partial charge in [0.05, 0.1) is 11.6 Å². The van der Waals surface area contributed by atoms with Crippen LogP contribution in [0.2, 0.25) is 0 Å². The Kier molecular flexibility index (Phi) is 4.89. The summed E-state index contributed by atoms with van der Waals surface area (Å²) < 4.78 is 38.9. The van der Waals surface area contributed by atoms with Crippen LogP contribution in [-0.4, -0.2) is 51.3 Å². The molecule has 1 saturated heterocycles. The molecule has 1 fully saturated rings. The average Bonchev–Trinajstić information content (AvgIpc) is 2.73. The number of nitrogens with one attached hydrogen (secondary N) is 1. The minimum Gasteiger partial charge on any atom is -0.352 e. The molecule has 2 heterocycles. The van der Waals surface area contributed by atoms with Crippen LogP contribution >= 0.6 is 0 Å². The molecule has 0 aromatic carbocycles. The number of carbonyl (C=O) groups is 2. The molecule has 0 unspecified atom stereocenters. The SMILES string of the molecule is Cc1nn(CC(F)(F)F)c(C)c1[C@H](C)C(=O)N1CCNC(=O)C1(C)C. The van der Waals surface area contributed by atoms with Crippen molar-refractivity contribution in [1.29, 1.82) is 0 Å². The molecule has 0 spiro atoms. The first-order valence-electron chi connectivity index (χ1n) is 8.06. The zero-order valence-corrected chi connectivity index (χ0v) is 15.0. The standard InChI is InChI=1S/C16H23F3N4O2/c1-9(13(24)22-7-6-20-14(25)15(22,4)5)12-10(2)21-23(11(12)3)8-16(17,18)19/h9H,6-8H2,1-5H3,(H,20,25)/t9-/m0/s1. The van der Waals surface area contributed by atoms with Gasteiger partial charge in [-0.15, -0.1) is 0 Å². The highest BCUT2D eigenvalue weighted by Crippen LogP contribution is 2.30. The Balaban J connectivity index is 2.33. The summed E-state index contributed by atoms with van der Waals surface area (Å²) in [6.07, 6.45) is -4.39. The number of carbonyl (C=O) groups excluding carboxylic acids is 2. The second-order valence-corrected chi connectivity index (χ2v) is 6.88. The summed E-state index contributed by atoms with van der Waals surface area (Å²) in [5, 5.41) is 6.66. The van der Waals surface area contributed by atoms with Crippen molar-refractivity contribution in [2.75, 3.05) is 13.1 Å². The van der Waals surface area contributed by atoms with Gasteiger partial charge < -0.3 is 10.2 Å². The second-order valence-electron chi connectivity index (χ2n) is 6.88. The number of amides is 2. The average molecular weight is 360 g/mol. The number of alkyl halides is 3. The lowest BCUT2D eigenvalue weighted by molar-refractivity contribution is -0.150. The van der Waals surface area contributed by atoms with E-state index in [1.54, 1.807) is 27.7 Å². The van der Waals surface area contributed by atoms with Gasteiger partial charge in [-0.2, -0.15) is 18.3 Å². The molecular weight excluding hydrogens is 337 g/mol. The monoisotopic (exact) mass is 360 g/mol. The Morgan fingerprint density at radius 3 is 2.52 bits per heavy atom. The molecule has 2 amide bonds. The van der Waals surface area contributed by atoms with Gasteiger partial charge in [0, 0.05) is 24.3 Å². The number of hydrogen-bond donors (Lipinski definition) is 1. The highest BCUT2D eigenvalue weighted by molar-refractivity contribution is 5.94. The fourth-order valence-electron chi connectivity index (χ4n) is 3.30. The summed E-state index contributed by atoms with van der Waals surface area (Å²) in [6.45, 7) is 7.57. The van der Waals surface area contributed by atoms with Crippen molar-refractivity contribution in [2.24, 2.45) is 0 Å². The van der Waals surface area contributed by atoms with E-state index in [1.807, 2.05) is 0 Å². The number of aromatic nitrogens is 2. The Morgan fingerprint density at radius 1 is 1.36 bits per heavy atom. The molecule has 0 bridgehead atoms. The van der Waals surface area contributed by atoms with Gasteiger partial charge in [-0.3, -0.25) is 14.3 Å². The van der Waals surface area contributed by atoms with Crippen LogP contribution in [0, 0.1) is 13.8 Å². The fraction of sp³-hybridized carbons (Fsp3) is 0.688. The fourth-order valence-corrected chi connectivity index (χ4v) is 3.30. The molecule has 1 aliphatic rings. The van der Waals surface area contributed by atoms with E-state index in [0.29, 0.717) is 30.0 Å². The second kappa shape index (κ2) is 6.34. The highest BCUT2D eigenvalue weighted by atomic mass is 19.4. The van der Waals surface area contributed by atoms with Crippen LogP contribution < -0.4 is 5.32 Å². The lowest BCUT2D eigenvalue weighted by Crippen LogP contribution is -2.64. The maximum Gasteiger partial charge on any atom is 0.408 e. The molecule has 1 aromatic rings. The Labute approximate surface area is 144 Å². The topological polar surface area (TPSA) is 67.2 Å². The zero-order chi connectivity index (χ0) is 19.2. The lowest BCUT2D eigenvalue weighted by atomic mass is 9.92. The van der Waals surface area contributed by atoms with Crippen LogP contribution in [0.3, 0.4) is 0 Å². The van der Waals surface area contributed by atoms with Gasteiger partial charge in [-0.05, 0) is 34.6 Å². The first-order chi connectivity index (χ1) is 11.4. The molecule has 1 atom stereocenters. The van der Waals surface area contributed by atoms with Crippen LogP contribution in [0.15, 0.2) is 0 Å². The van der Waals surface area contributed by atoms with Crippen LogP contribution in [0.25, 0.3) is 0 Å². The molecule has 0 saturated carbocycles. The van der Waals surface area contributed by atoms with Crippen LogP contribution in [0.4, 0.5) is 13.2 Å². The van der Waals surface area contributed by atoms with E-state index in [4.69, 9.17) is 0 Å². The molecule has 2 rings (SSSR count). The van der Waals surface area contributed by atoms with Gasteiger partial charge in [0.15, 0.2) is 0 Å². The molecule has 9 heteroatoms.